The molecule has 1 amide bonds. The zero-order valence-electron chi connectivity index (χ0n) is 20.6. The maximum atomic E-state index is 11.8. The Bertz CT molecular complexity index is 1080. The lowest BCUT2D eigenvalue weighted by atomic mass is 9.81. The number of thiol groups is 1. The Labute approximate surface area is 208 Å². The van der Waals surface area contributed by atoms with Crippen molar-refractivity contribution >= 4 is 47.4 Å². The highest BCUT2D eigenvalue weighted by Gasteiger charge is 2.43. The molecule has 0 aromatic heterocycles. The number of carbonyl (C=O) groups excluding carboxylic acids is 1. The molecule has 1 heterocycles. The van der Waals surface area contributed by atoms with Crippen molar-refractivity contribution in [3.8, 4) is 0 Å². The number of hydrogen-bond acceptors (Lipinski definition) is 5. The topological polar surface area (TPSA) is 75.8 Å². The maximum Gasteiger partial charge on any atom is 0.234 e. The molecule has 1 aliphatic rings. The SMILES string of the molecule is CC(O)CN(CC(C)O)c1ccc(/C=C/C2=[N+](C)c3ccc(NC(=O)CS)cc3C2(C)C)cc1. The molecule has 0 spiro atoms. The molecule has 0 aliphatic carbocycles. The van der Waals surface area contributed by atoms with Gasteiger partial charge in [-0.3, -0.25) is 4.79 Å². The van der Waals surface area contributed by atoms with Crippen LogP contribution in [-0.2, 0) is 10.2 Å². The van der Waals surface area contributed by atoms with Crippen LogP contribution in [0.2, 0.25) is 0 Å². The van der Waals surface area contributed by atoms with Crippen molar-refractivity contribution in [2.75, 3.05) is 36.1 Å². The predicted octanol–water partition coefficient (Wildman–Crippen LogP) is 3.84. The fourth-order valence-electron chi connectivity index (χ4n) is 4.51. The molecule has 0 bridgehead atoms. The Morgan fingerprint density at radius 3 is 2.26 bits per heavy atom. The second-order valence-corrected chi connectivity index (χ2v) is 9.85. The zero-order valence-corrected chi connectivity index (χ0v) is 21.5. The molecule has 3 N–H and O–H groups in total. The summed E-state index contributed by atoms with van der Waals surface area (Å²) in [6.07, 6.45) is 3.27. The minimum atomic E-state index is -0.483. The number of carbonyl (C=O) groups is 1. The van der Waals surface area contributed by atoms with Gasteiger partial charge in [-0.05, 0) is 63.6 Å². The summed E-state index contributed by atoms with van der Waals surface area (Å²) >= 11 is 4.04. The van der Waals surface area contributed by atoms with E-state index in [-0.39, 0.29) is 17.1 Å². The lowest BCUT2D eigenvalue weighted by molar-refractivity contribution is -0.401. The smallest absolute Gasteiger partial charge is 0.234 e. The molecular weight excluding hydrogens is 446 g/mol. The van der Waals surface area contributed by atoms with E-state index in [0.717, 1.165) is 33.9 Å². The fraction of sp³-hybridized carbons (Fsp3) is 0.407. The van der Waals surface area contributed by atoms with Gasteiger partial charge in [0.25, 0.3) is 0 Å². The van der Waals surface area contributed by atoms with Gasteiger partial charge in [0.05, 0.1) is 23.4 Å². The van der Waals surface area contributed by atoms with Gasteiger partial charge in [-0.2, -0.15) is 17.2 Å². The van der Waals surface area contributed by atoms with E-state index in [1.54, 1.807) is 13.8 Å². The fourth-order valence-corrected chi connectivity index (χ4v) is 4.59. The Kier molecular flexibility index (Phi) is 8.23. The molecule has 2 aromatic rings. The summed E-state index contributed by atoms with van der Waals surface area (Å²) in [7, 11) is 2.06. The largest absolute Gasteiger partial charge is 0.392 e. The molecular formula is C27H36N3O3S+. The summed E-state index contributed by atoms with van der Waals surface area (Å²) < 4.78 is 2.19. The second-order valence-electron chi connectivity index (χ2n) is 9.54. The summed E-state index contributed by atoms with van der Waals surface area (Å²) in [4.78, 5) is 13.8. The summed E-state index contributed by atoms with van der Waals surface area (Å²) in [6.45, 7) is 8.80. The van der Waals surface area contributed by atoms with Gasteiger partial charge in [-0.1, -0.05) is 12.1 Å². The van der Waals surface area contributed by atoms with Crippen LogP contribution in [0.3, 0.4) is 0 Å². The minimum absolute atomic E-state index is 0.125. The third-order valence-electron chi connectivity index (χ3n) is 6.12. The Balaban J connectivity index is 1.81. The van der Waals surface area contributed by atoms with E-state index < -0.39 is 12.2 Å². The maximum absolute atomic E-state index is 11.8. The van der Waals surface area contributed by atoms with Crippen LogP contribution in [0, 0.1) is 0 Å². The number of rotatable bonds is 9. The average molecular weight is 483 g/mol. The molecule has 0 saturated carbocycles. The van der Waals surface area contributed by atoms with Gasteiger partial charge in [0.1, 0.15) is 7.05 Å². The molecule has 0 saturated heterocycles. The van der Waals surface area contributed by atoms with Gasteiger partial charge in [0.2, 0.25) is 11.6 Å². The zero-order chi connectivity index (χ0) is 25.0. The van der Waals surface area contributed by atoms with Gasteiger partial charge >= 0.3 is 0 Å². The number of hydrogen-bond donors (Lipinski definition) is 4. The molecule has 182 valence electrons. The number of aliphatic hydroxyl groups excluding tert-OH is 2. The van der Waals surface area contributed by atoms with Gasteiger partial charge < -0.3 is 20.4 Å². The minimum Gasteiger partial charge on any atom is -0.392 e. The number of nitrogens with one attached hydrogen (secondary N) is 1. The van der Waals surface area contributed by atoms with Crippen LogP contribution in [0.4, 0.5) is 17.1 Å². The van der Waals surface area contributed by atoms with Gasteiger partial charge in [-0.25, -0.2) is 0 Å². The van der Waals surface area contributed by atoms with Crippen LogP contribution in [0.25, 0.3) is 6.08 Å². The highest BCUT2D eigenvalue weighted by Crippen LogP contribution is 2.41. The average Bonchev–Trinajstić information content (AvgIpc) is 2.96. The van der Waals surface area contributed by atoms with Crippen molar-refractivity contribution in [1.29, 1.82) is 0 Å². The van der Waals surface area contributed by atoms with Crippen LogP contribution >= 0.6 is 12.6 Å². The van der Waals surface area contributed by atoms with Crippen molar-refractivity contribution in [3.63, 3.8) is 0 Å². The van der Waals surface area contributed by atoms with Crippen LogP contribution in [-0.4, -0.2) is 64.5 Å². The number of amides is 1. The van der Waals surface area contributed by atoms with Gasteiger partial charge in [-0.15, -0.1) is 0 Å². The summed E-state index contributed by atoms with van der Waals surface area (Å²) in [5.41, 5.74) is 6.02. The number of allylic oxidation sites excluding steroid dienone is 1. The molecule has 2 atom stereocenters. The van der Waals surface area contributed by atoms with E-state index in [1.807, 2.05) is 47.4 Å². The molecule has 7 heteroatoms. The van der Waals surface area contributed by atoms with Gasteiger partial charge in [0, 0.05) is 42.2 Å². The first-order valence-corrected chi connectivity index (χ1v) is 12.2. The first-order valence-electron chi connectivity index (χ1n) is 11.6. The molecule has 2 aromatic carbocycles. The molecule has 3 rings (SSSR count). The van der Waals surface area contributed by atoms with Crippen LogP contribution in [0.15, 0.2) is 48.5 Å². The molecule has 0 radical (unpaired) electrons. The molecule has 34 heavy (non-hydrogen) atoms. The van der Waals surface area contributed by atoms with Crippen molar-refractivity contribution < 1.29 is 19.6 Å². The number of benzene rings is 2. The molecule has 2 unspecified atom stereocenters. The van der Waals surface area contributed by atoms with Crippen molar-refractivity contribution in [2.45, 2.75) is 45.3 Å². The van der Waals surface area contributed by atoms with Crippen molar-refractivity contribution in [2.24, 2.45) is 0 Å². The highest BCUT2D eigenvalue weighted by molar-refractivity contribution is 7.81. The summed E-state index contributed by atoms with van der Waals surface area (Å²) in [5.74, 6) is 0.0233. The third-order valence-corrected chi connectivity index (χ3v) is 6.41. The number of fused-ring (bicyclic) bond motifs is 1. The van der Waals surface area contributed by atoms with E-state index in [0.29, 0.717) is 13.1 Å². The lowest BCUT2D eigenvalue weighted by Crippen LogP contribution is -2.36. The van der Waals surface area contributed by atoms with Crippen LogP contribution in [0.1, 0.15) is 38.8 Å². The van der Waals surface area contributed by atoms with E-state index in [9.17, 15) is 15.0 Å². The Morgan fingerprint density at radius 2 is 1.71 bits per heavy atom. The number of anilines is 2. The number of aliphatic hydroxyl groups is 2. The van der Waals surface area contributed by atoms with Crippen LogP contribution in [0.5, 0.6) is 0 Å². The summed E-state index contributed by atoms with van der Waals surface area (Å²) in [6, 6.07) is 14.1. The molecule has 1 aliphatic heterocycles. The van der Waals surface area contributed by atoms with Crippen molar-refractivity contribution in [1.82, 2.24) is 0 Å². The normalized spacial score (nSPS) is 16.5. The highest BCUT2D eigenvalue weighted by atomic mass is 32.1. The first-order chi connectivity index (χ1) is 16.0. The van der Waals surface area contributed by atoms with Gasteiger partial charge in [0.15, 0.2) is 5.71 Å². The van der Waals surface area contributed by atoms with E-state index >= 15 is 0 Å². The monoisotopic (exact) mass is 482 g/mol. The quantitative estimate of drug-likeness (QED) is 0.324. The van der Waals surface area contributed by atoms with E-state index in [4.69, 9.17) is 0 Å². The third kappa shape index (κ3) is 5.90. The second kappa shape index (κ2) is 10.8. The molecule has 6 nitrogen and oxygen atoms in total. The Morgan fingerprint density at radius 1 is 1.09 bits per heavy atom. The van der Waals surface area contributed by atoms with E-state index in [2.05, 4.69) is 55.6 Å². The van der Waals surface area contributed by atoms with E-state index in [1.165, 1.54) is 0 Å². The summed E-state index contributed by atoms with van der Waals surface area (Å²) in [5, 5.41) is 22.5. The van der Waals surface area contributed by atoms with Crippen molar-refractivity contribution in [3.05, 3.63) is 59.7 Å². The Hall–Kier alpha value is -2.61. The lowest BCUT2D eigenvalue weighted by Gasteiger charge is -2.27. The van der Waals surface area contributed by atoms with Crippen LogP contribution < -0.4 is 10.2 Å². The first kappa shape index (κ1) is 26.0. The number of nitrogens with zero attached hydrogens (tertiary/aromatic N) is 2. The standard InChI is InChI=1S/C27H35N3O3S/c1-18(31)15-30(16-19(2)32)22-10-6-20(7-11-22)8-13-25-27(3,4)23-14-21(28-26(33)17-34)9-12-24(23)29(25)5/h6-14,18-19,31-32H,15-17H2,1-5H3,(H-,28,33,34)/p+1. The predicted molar refractivity (Wildman–Crippen MR) is 144 cm³/mol. The molecule has 0 fully saturated rings.